The Labute approximate surface area is 89.7 Å². The van der Waals surface area contributed by atoms with Gasteiger partial charge in [0.15, 0.2) is 0 Å². The van der Waals surface area contributed by atoms with Crippen LogP contribution >= 0.6 is 11.6 Å². The van der Waals surface area contributed by atoms with Crippen LogP contribution in [0.3, 0.4) is 0 Å². The van der Waals surface area contributed by atoms with Crippen molar-refractivity contribution >= 4 is 11.6 Å². The molecule has 0 aromatic heterocycles. The van der Waals surface area contributed by atoms with E-state index in [-0.39, 0.29) is 6.10 Å². The number of rotatable bonds is 1. The summed E-state index contributed by atoms with van der Waals surface area (Å²) in [6.07, 6.45) is 4.26. The van der Waals surface area contributed by atoms with Crippen LogP contribution in [-0.2, 0) is 0 Å². The van der Waals surface area contributed by atoms with Gasteiger partial charge in [-0.1, -0.05) is 36.6 Å². The standard InChI is InChI=1S/C12H15ClO/c13-10-7-5-9(6-8-10)11-3-1-2-4-12(11)14/h5-8,11-12,14H,1-4H2/t11-,12+/m0/s1. The van der Waals surface area contributed by atoms with Crippen LogP contribution in [-0.4, -0.2) is 11.2 Å². The Kier molecular flexibility index (Phi) is 3.09. The molecule has 0 amide bonds. The Morgan fingerprint density at radius 2 is 1.71 bits per heavy atom. The second kappa shape index (κ2) is 4.33. The highest BCUT2D eigenvalue weighted by Gasteiger charge is 2.24. The maximum absolute atomic E-state index is 9.86. The Hall–Kier alpha value is -0.530. The first kappa shape index (κ1) is 10.0. The van der Waals surface area contributed by atoms with Gasteiger partial charge in [0, 0.05) is 10.9 Å². The van der Waals surface area contributed by atoms with Gasteiger partial charge < -0.3 is 5.11 Å². The highest BCUT2D eigenvalue weighted by molar-refractivity contribution is 6.30. The van der Waals surface area contributed by atoms with Crippen LogP contribution in [0.2, 0.25) is 5.02 Å². The Morgan fingerprint density at radius 1 is 1.07 bits per heavy atom. The van der Waals surface area contributed by atoms with Crippen LogP contribution in [0.1, 0.15) is 37.2 Å². The quantitative estimate of drug-likeness (QED) is 0.754. The first-order valence-electron chi connectivity index (χ1n) is 5.21. The van der Waals surface area contributed by atoms with E-state index in [9.17, 15) is 5.11 Å². The van der Waals surface area contributed by atoms with E-state index in [0.29, 0.717) is 5.92 Å². The second-order valence-corrected chi connectivity index (χ2v) is 4.45. The van der Waals surface area contributed by atoms with Crippen LogP contribution < -0.4 is 0 Å². The molecular weight excluding hydrogens is 196 g/mol. The topological polar surface area (TPSA) is 20.2 Å². The Bertz CT molecular complexity index is 294. The summed E-state index contributed by atoms with van der Waals surface area (Å²) in [4.78, 5) is 0. The van der Waals surface area contributed by atoms with Crippen molar-refractivity contribution in [3.8, 4) is 0 Å². The summed E-state index contributed by atoms with van der Waals surface area (Å²) >= 11 is 5.82. The van der Waals surface area contributed by atoms with E-state index in [1.165, 1.54) is 12.0 Å². The maximum atomic E-state index is 9.86. The lowest BCUT2D eigenvalue weighted by Gasteiger charge is -2.27. The van der Waals surface area contributed by atoms with Gasteiger partial charge in [-0.05, 0) is 30.5 Å². The minimum Gasteiger partial charge on any atom is -0.392 e. The number of hydrogen-bond donors (Lipinski definition) is 1. The minimum absolute atomic E-state index is 0.162. The fraction of sp³-hybridized carbons (Fsp3) is 0.500. The monoisotopic (exact) mass is 210 g/mol. The minimum atomic E-state index is -0.162. The molecule has 0 aliphatic heterocycles. The first-order chi connectivity index (χ1) is 6.77. The smallest absolute Gasteiger partial charge is 0.0608 e. The zero-order valence-corrected chi connectivity index (χ0v) is 8.87. The molecule has 0 heterocycles. The second-order valence-electron chi connectivity index (χ2n) is 4.01. The van der Waals surface area contributed by atoms with Crippen LogP contribution in [0, 0.1) is 0 Å². The van der Waals surface area contributed by atoms with Crippen molar-refractivity contribution in [2.75, 3.05) is 0 Å². The van der Waals surface area contributed by atoms with Gasteiger partial charge in [0.25, 0.3) is 0 Å². The molecule has 2 heteroatoms. The molecule has 14 heavy (non-hydrogen) atoms. The molecule has 1 aliphatic rings. The molecule has 0 spiro atoms. The van der Waals surface area contributed by atoms with Gasteiger partial charge in [-0.15, -0.1) is 0 Å². The molecule has 0 radical (unpaired) electrons. The number of halogens is 1. The van der Waals surface area contributed by atoms with Gasteiger partial charge in [0.2, 0.25) is 0 Å². The van der Waals surface area contributed by atoms with E-state index >= 15 is 0 Å². The lowest BCUT2D eigenvalue weighted by atomic mass is 9.82. The van der Waals surface area contributed by atoms with Gasteiger partial charge in [-0.3, -0.25) is 0 Å². The molecule has 1 saturated carbocycles. The maximum Gasteiger partial charge on any atom is 0.0608 e. The van der Waals surface area contributed by atoms with Crippen molar-refractivity contribution in [3.05, 3.63) is 34.9 Å². The van der Waals surface area contributed by atoms with E-state index in [1.807, 2.05) is 24.3 Å². The van der Waals surface area contributed by atoms with Gasteiger partial charge in [-0.2, -0.15) is 0 Å². The summed E-state index contributed by atoms with van der Waals surface area (Å²) < 4.78 is 0. The molecule has 0 saturated heterocycles. The predicted octanol–water partition coefficient (Wildman–Crippen LogP) is 3.36. The summed E-state index contributed by atoms with van der Waals surface area (Å²) in [5, 5.41) is 10.6. The summed E-state index contributed by atoms with van der Waals surface area (Å²) in [6.45, 7) is 0. The third-order valence-electron chi connectivity index (χ3n) is 3.03. The molecule has 1 N–H and O–H groups in total. The van der Waals surface area contributed by atoms with Crippen molar-refractivity contribution in [1.29, 1.82) is 0 Å². The number of hydrogen-bond acceptors (Lipinski definition) is 1. The third-order valence-corrected chi connectivity index (χ3v) is 3.28. The zero-order valence-electron chi connectivity index (χ0n) is 8.12. The summed E-state index contributed by atoms with van der Waals surface area (Å²) in [5.74, 6) is 0.320. The van der Waals surface area contributed by atoms with Crippen LogP contribution in [0.4, 0.5) is 0 Å². The number of benzene rings is 1. The number of aliphatic hydroxyl groups excluding tert-OH is 1. The van der Waals surface area contributed by atoms with Gasteiger partial charge in [0.05, 0.1) is 6.10 Å². The Balaban J connectivity index is 2.16. The normalized spacial score (nSPS) is 27.6. The van der Waals surface area contributed by atoms with Crippen LogP contribution in [0.15, 0.2) is 24.3 Å². The zero-order chi connectivity index (χ0) is 9.97. The van der Waals surface area contributed by atoms with Crippen molar-refractivity contribution < 1.29 is 5.11 Å². The van der Waals surface area contributed by atoms with Crippen molar-refractivity contribution in [1.82, 2.24) is 0 Å². The molecule has 0 unspecified atom stereocenters. The van der Waals surface area contributed by atoms with Crippen LogP contribution in [0.25, 0.3) is 0 Å². The number of aliphatic hydroxyl groups is 1. The fourth-order valence-electron chi connectivity index (χ4n) is 2.21. The summed E-state index contributed by atoms with van der Waals surface area (Å²) in [5.41, 5.74) is 1.22. The van der Waals surface area contributed by atoms with Gasteiger partial charge in [-0.25, -0.2) is 0 Å². The average Bonchev–Trinajstić information content (AvgIpc) is 2.20. The first-order valence-corrected chi connectivity index (χ1v) is 5.59. The highest BCUT2D eigenvalue weighted by Crippen LogP contribution is 2.33. The Morgan fingerprint density at radius 3 is 2.36 bits per heavy atom. The summed E-state index contributed by atoms with van der Waals surface area (Å²) in [6, 6.07) is 7.86. The molecule has 1 aromatic carbocycles. The molecule has 0 bridgehead atoms. The molecule has 76 valence electrons. The van der Waals surface area contributed by atoms with E-state index in [1.54, 1.807) is 0 Å². The van der Waals surface area contributed by atoms with E-state index in [2.05, 4.69) is 0 Å². The lowest BCUT2D eigenvalue weighted by molar-refractivity contribution is 0.106. The fourth-order valence-corrected chi connectivity index (χ4v) is 2.34. The van der Waals surface area contributed by atoms with E-state index in [4.69, 9.17) is 11.6 Å². The molecule has 1 nitrogen and oxygen atoms in total. The molecule has 1 fully saturated rings. The molecule has 2 rings (SSSR count). The summed E-state index contributed by atoms with van der Waals surface area (Å²) in [7, 11) is 0. The van der Waals surface area contributed by atoms with E-state index < -0.39 is 0 Å². The predicted molar refractivity (Wildman–Crippen MR) is 58.7 cm³/mol. The van der Waals surface area contributed by atoms with Crippen molar-refractivity contribution in [2.24, 2.45) is 0 Å². The van der Waals surface area contributed by atoms with Crippen molar-refractivity contribution in [2.45, 2.75) is 37.7 Å². The van der Waals surface area contributed by atoms with Crippen LogP contribution in [0.5, 0.6) is 0 Å². The molecule has 1 aromatic rings. The highest BCUT2D eigenvalue weighted by atomic mass is 35.5. The molecule has 1 aliphatic carbocycles. The molecular formula is C12H15ClO. The molecule has 2 atom stereocenters. The average molecular weight is 211 g/mol. The third kappa shape index (κ3) is 2.10. The van der Waals surface area contributed by atoms with E-state index in [0.717, 1.165) is 24.3 Å². The van der Waals surface area contributed by atoms with Gasteiger partial charge >= 0.3 is 0 Å². The van der Waals surface area contributed by atoms with Crippen molar-refractivity contribution in [3.63, 3.8) is 0 Å². The SMILES string of the molecule is O[C@@H]1CCCC[C@H]1c1ccc(Cl)cc1. The van der Waals surface area contributed by atoms with Gasteiger partial charge in [0.1, 0.15) is 0 Å². The largest absolute Gasteiger partial charge is 0.392 e. The lowest BCUT2D eigenvalue weighted by Crippen LogP contribution is -2.22.